The Balaban J connectivity index is 1.54. The summed E-state index contributed by atoms with van der Waals surface area (Å²) >= 11 is 1.87. The van der Waals surface area contributed by atoms with Gasteiger partial charge in [-0.05, 0) is 49.0 Å². The molecule has 0 radical (unpaired) electrons. The van der Waals surface area contributed by atoms with Crippen LogP contribution in [0.3, 0.4) is 0 Å². The summed E-state index contributed by atoms with van der Waals surface area (Å²) in [6.07, 6.45) is 5.88. The first-order valence-electron chi connectivity index (χ1n) is 5.69. The molecule has 0 amide bonds. The maximum Gasteiger partial charge on any atom is 0.0302 e. The van der Waals surface area contributed by atoms with Gasteiger partial charge >= 0.3 is 0 Å². The molecule has 2 saturated carbocycles. The minimum Gasteiger partial charge on any atom is -0.309 e. The fraction of sp³-hybridized carbons (Fsp3) is 0.667. The van der Waals surface area contributed by atoms with Crippen LogP contribution in [0.1, 0.15) is 30.6 Å². The first kappa shape index (κ1) is 8.93. The fourth-order valence-electron chi connectivity index (χ4n) is 2.26. The molecule has 2 fully saturated rings. The predicted molar refractivity (Wildman–Crippen MR) is 60.4 cm³/mol. The number of hydrogen-bond acceptors (Lipinski definition) is 2. The summed E-state index contributed by atoms with van der Waals surface area (Å²) in [4.78, 5) is 1.48. The molecule has 76 valence electrons. The van der Waals surface area contributed by atoms with E-state index in [1.54, 1.807) is 0 Å². The third-order valence-electron chi connectivity index (χ3n) is 3.35. The second-order valence-electron chi connectivity index (χ2n) is 4.66. The van der Waals surface area contributed by atoms with Crippen molar-refractivity contribution >= 4 is 11.3 Å². The highest BCUT2D eigenvalue weighted by Gasteiger charge is 2.40. The molecule has 1 aromatic heterocycles. The van der Waals surface area contributed by atoms with Gasteiger partial charge in [-0.1, -0.05) is 6.07 Å². The summed E-state index contributed by atoms with van der Waals surface area (Å²) in [5, 5.41) is 5.92. The molecule has 0 spiro atoms. The molecular weight excluding hydrogens is 190 g/mol. The fourth-order valence-corrected chi connectivity index (χ4v) is 2.92. The van der Waals surface area contributed by atoms with Crippen LogP contribution >= 0.6 is 11.3 Å². The summed E-state index contributed by atoms with van der Waals surface area (Å²) in [6, 6.07) is 5.22. The first-order chi connectivity index (χ1) is 6.93. The maximum atomic E-state index is 3.76. The van der Waals surface area contributed by atoms with E-state index in [9.17, 15) is 0 Å². The van der Waals surface area contributed by atoms with Crippen LogP contribution in [-0.4, -0.2) is 6.04 Å². The average molecular weight is 207 g/mol. The smallest absolute Gasteiger partial charge is 0.0302 e. The molecular formula is C12H17NS. The van der Waals surface area contributed by atoms with Gasteiger partial charge in [-0.3, -0.25) is 0 Å². The molecule has 1 nitrogen and oxygen atoms in total. The molecule has 0 aliphatic heterocycles. The van der Waals surface area contributed by atoms with Crippen LogP contribution in [0.2, 0.25) is 0 Å². The van der Waals surface area contributed by atoms with Gasteiger partial charge in [0.2, 0.25) is 0 Å². The summed E-state index contributed by atoms with van der Waals surface area (Å²) in [6.45, 7) is 1.09. The van der Waals surface area contributed by atoms with Crippen molar-refractivity contribution in [2.75, 3.05) is 0 Å². The minimum atomic E-state index is 0.845. The monoisotopic (exact) mass is 207 g/mol. The van der Waals surface area contributed by atoms with Gasteiger partial charge in [-0.25, -0.2) is 0 Å². The van der Waals surface area contributed by atoms with Crippen LogP contribution in [-0.2, 0) is 6.54 Å². The Hall–Kier alpha value is -0.340. The molecule has 1 aromatic rings. The van der Waals surface area contributed by atoms with E-state index < -0.39 is 0 Å². The van der Waals surface area contributed by atoms with Gasteiger partial charge in [0.25, 0.3) is 0 Å². The third kappa shape index (κ3) is 2.01. The number of thiophene rings is 1. The van der Waals surface area contributed by atoms with Crippen LogP contribution < -0.4 is 5.32 Å². The van der Waals surface area contributed by atoms with E-state index in [0.29, 0.717) is 0 Å². The second kappa shape index (κ2) is 3.67. The zero-order valence-corrected chi connectivity index (χ0v) is 9.22. The second-order valence-corrected chi connectivity index (χ2v) is 5.69. The van der Waals surface area contributed by atoms with Crippen LogP contribution in [0.4, 0.5) is 0 Å². The van der Waals surface area contributed by atoms with Crippen molar-refractivity contribution in [3.8, 4) is 0 Å². The predicted octanol–water partition coefficient (Wildman–Crippen LogP) is 3.03. The zero-order valence-electron chi connectivity index (χ0n) is 8.41. The van der Waals surface area contributed by atoms with Crippen molar-refractivity contribution < 1.29 is 0 Å². The zero-order chi connectivity index (χ0) is 9.38. The lowest BCUT2D eigenvalue weighted by molar-refractivity contribution is 0.417. The number of rotatable bonds is 5. The Morgan fingerprint density at radius 2 is 2.00 bits per heavy atom. The Labute approximate surface area is 89.5 Å². The van der Waals surface area contributed by atoms with E-state index in [-0.39, 0.29) is 0 Å². The molecule has 0 aromatic carbocycles. The maximum absolute atomic E-state index is 3.76. The lowest BCUT2D eigenvalue weighted by Crippen LogP contribution is -2.32. The topological polar surface area (TPSA) is 12.0 Å². The summed E-state index contributed by atoms with van der Waals surface area (Å²) < 4.78 is 0. The molecule has 2 aliphatic carbocycles. The van der Waals surface area contributed by atoms with Crippen molar-refractivity contribution in [2.45, 2.75) is 38.3 Å². The largest absolute Gasteiger partial charge is 0.309 e. The molecule has 14 heavy (non-hydrogen) atoms. The van der Waals surface area contributed by atoms with E-state index in [4.69, 9.17) is 0 Å². The highest BCUT2D eigenvalue weighted by atomic mass is 32.1. The van der Waals surface area contributed by atoms with Gasteiger partial charge < -0.3 is 5.32 Å². The molecule has 0 saturated heterocycles. The van der Waals surface area contributed by atoms with Crippen LogP contribution in [0.5, 0.6) is 0 Å². The van der Waals surface area contributed by atoms with Gasteiger partial charge in [0, 0.05) is 17.5 Å². The lowest BCUT2D eigenvalue weighted by Gasteiger charge is -2.16. The Bertz CT molecular complexity index is 273. The average Bonchev–Trinajstić information content (AvgIpc) is 3.09. The van der Waals surface area contributed by atoms with Gasteiger partial charge in [0.1, 0.15) is 0 Å². The molecule has 2 aliphatic rings. The Morgan fingerprint density at radius 1 is 1.29 bits per heavy atom. The molecule has 0 unspecified atom stereocenters. The summed E-state index contributed by atoms with van der Waals surface area (Å²) in [5.41, 5.74) is 0. The van der Waals surface area contributed by atoms with Crippen molar-refractivity contribution in [1.82, 2.24) is 5.32 Å². The molecule has 1 heterocycles. The van der Waals surface area contributed by atoms with Gasteiger partial charge in [-0.15, -0.1) is 11.3 Å². The van der Waals surface area contributed by atoms with E-state index in [2.05, 4.69) is 22.8 Å². The van der Waals surface area contributed by atoms with Gasteiger partial charge in [-0.2, -0.15) is 0 Å². The molecule has 3 rings (SSSR count). The normalized spacial score (nSPS) is 21.8. The van der Waals surface area contributed by atoms with Crippen molar-refractivity contribution in [3.05, 3.63) is 22.4 Å². The van der Waals surface area contributed by atoms with Gasteiger partial charge in [0.05, 0.1) is 0 Å². The standard InChI is InChI=1S/C12H17NS/c1-2-11(14-7-1)8-13-12(9-3-4-9)10-5-6-10/h1-2,7,9-10,12-13H,3-6,8H2. The highest BCUT2D eigenvalue weighted by Crippen LogP contribution is 2.44. The molecule has 1 N–H and O–H groups in total. The Kier molecular flexibility index (Phi) is 2.34. The SMILES string of the molecule is c1csc(CNC(C2CC2)C2CC2)c1. The minimum absolute atomic E-state index is 0.845. The molecule has 0 bridgehead atoms. The Morgan fingerprint density at radius 3 is 2.50 bits per heavy atom. The summed E-state index contributed by atoms with van der Waals surface area (Å²) in [5.74, 6) is 2.03. The molecule has 2 heteroatoms. The van der Waals surface area contributed by atoms with Gasteiger partial charge in [0.15, 0.2) is 0 Å². The van der Waals surface area contributed by atoms with Crippen LogP contribution in [0, 0.1) is 11.8 Å². The third-order valence-corrected chi connectivity index (χ3v) is 4.23. The van der Waals surface area contributed by atoms with Crippen molar-refractivity contribution in [1.29, 1.82) is 0 Å². The number of hydrogen-bond donors (Lipinski definition) is 1. The van der Waals surface area contributed by atoms with Crippen LogP contribution in [0.25, 0.3) is 0 Å². The lowest BCUT2D eigenvalue weighted by atomic mass is 10.1. The quantitative estimate of drug-likeness (QED) is 0.782. The first-order valence-corrected chi connectivity index (χ1v) is 6.57. The van der Waals surface area contributed by atoms with E-state index in [1.165, 1.54) is 30.6 Å². The summed E-state index contributed by atoms with van der Waals surface area (Å²) in [7, 11) is 0. The van der Waals surface area contributed by atoms with Crippen molar-refractivity contribution in [2.24, 2.45) is 11.8 Å². The number of nitrogens with one attached hydrogen (secondary N) is 1. The highest BCUT2D eigenvalue weighted by molar-refractivity contribution is 7.09. The van der Waals surface area contributed by atoms with Crippen molar-refractivity contribution in [3.63, 3.8) is 0 Å². The van der Waals surface area contributed by atoms with Crippen LogP contribution in [0.15, 0.2) is 17.5 Å². The van der Waals surface area contributed by atoms with E-state index in [1.807, 2.05) is 11.3 Å². The van der Waals surface area contributed by atoms with E-state index in [0.717, 1.165) is 24.4 Å². The molecule has 0 atom stereocenters. The van der Waals surface area contributed by atoms with E-state index >= 15 is 0 Å².